The van der Waals surface area contributed by atoms with Gasteiger partial charge in [0.2, 0.25) is 5.91 Å². The molecule has 0 bridgehead atoms. The van der Waals surface area contributed by atoms with Crippen LogP contribution in [0.5, 0.6) is 0 Å². The summed E-state index contributed by atoms with van der Waals surface area (Å²) in [4.78, 5) is 19.0. The SMILES string of the molecule is Cl.Cl.O=C(CCSCc1ccccn1)N1CCNCC1c1cccc(Cl)c1. The molecule has 0 spiro atoms. The zero-order chi connectivity index (χ0) is 17.5. The molecule has 27 heavy (non-hydrogen) atoms. The van der Waals surface area contributed by atoms with Gasteiger partial charge < -0.3 is 10.2 Å². The number of amides is 1. The molecule has 2 heterocycles. The van der Waals surface area contributed by atoms with Crippen molar-refractivity contribution in [3.8, 4) is 0 Å². The summed E-state index contributed by atoms with van der Waals surface area (Å²) in [5.41, 5.74) is 2.15. The van der Waals surface area contributed by atoms with E-state index >= 15 is 0 Å². The van der Waals surface area contributed by atoms with Gasteiger partial charge in [-0.3, -0.25) is 9.78 Å². The maximum absolute atomic E-state index is 12.7. The lowest BCUT2D eigenvalue weighted by Gasteiger charge is -2.36. The first-order chi connectivity index (χ1) is 12.2. The van der Waals surface area contributed by atoms with E-state index in [2.05, 4.69) is 10.3 Å². The summed E-state index contributed by atoms with van der Waals surface area (Å²) in [7, 11) is 0. The van der Waals surface area contributed by atoms with Gasteiger partial charge in [-0.05, 0) is 29.8 Å². The van der Waals surface area contributed by atoms with E-state index in [1.807, 2.05) is 47.4 Å². The first-order valence-corrected chi connectivity index (χ1v) is 10.0. The Balaban J connectivity index is 0.00000182. The van der Waals surface area contributed by atoms with E-state index < -0.39 is 0 Å². The maximum Gasteiger partial charge on any atom is 0.224 e. The molecule has 1 atom stereocenters. The zero-order valence-corrected chi connectivity index (χ0v) is 18.0. The number of nitrogens with one attached hydrogen (secondary N) is 1. The first kappa shape index (κ1) is 24.1. The monoisotopic (exact) mass is 447 g/mol. The van der Waals surface area contributed by atoms with Crippen molar-refractivity contribution in [2.45, 2.75) is 18.2 Å². The number of hydrogen-bond acceptors (Lipinski definition) is 4. The van der Waals surface area contributed by atoms with Gasteiger partial charge in [-0.2, -0.15) is 11.8 Å². The van der Waals surface area contributed by atoms with Crippen molar-refractivity contribution >= 4 is 54.1 Å². The fraction of sp³-hybridized carbons (Fsp3) is 0.368. The minimum absolute atomic E-state index is 0. The Kier molecular flexibility index (Phi) is 11.1. The fourth-order valence-electron chi connectivity index (χ4n) is 2.98. The number of hydrogen-bond donors (Lipinski definition) is 1. The second-order valence-electron chi connectivity index (χ2n) is 5.99. The van der Waals surface area contributed by atoms with Crippen LogP contribution < -0.4 is 5.32 Å². The number of halogens is 3. The van der Waals surface area contributed by atoms with Gasteiger partial charge in [0.25, 0.3) is 0 Å². The van der Waals surface area contributed by atoms with Gasteiger partial charge in [-0.25, -0.2) is 0 Å². The van der Waals surface area contributed by atoms with E-state index in [0.717, 1.165) is 42.4 Å². The Bertz CT molecular complexity index is 706. The number of piperazine rings is 1. The molecule has 4 nitrogen and oxygen atoms in total. The fourth-order valence-corrected chi connectivity index (χ4v) is 4.02. The van der Waals surface area contributed by atoms with Gasteiger partial charge in [0.15, 0.2) is 0 Å². The average Bonchev–Trinajstić information content (AvgIpc) is 2.66. The van der Waals surface area contributed by atoms with Crippen LogP contribution in [0.2, 0.25) is 5.02 Å². The lowest BCUT2D eigenvalue weighted by molar-refractivity contribution is -0.134. The first-order valence-electron chi connectivity index (χ1n) is 8.47. The normalized spacial score (nSPS) is 16.2. The molecule has 2 aromatic rings. The van der Waals surface area contributed by atoms with Crippen LogP contribution in [0.3, 0.4) is 0 Å². The Hall–Kier alpha value is -0.980. The number of pyridine rings is 1. The third kappa shape index (κ3) is 7.16. The van der Waals surface area contributed by atoms with Gasteiger partial charge in [0.1, 0.15) is 0 Å². The molecule has 148 valence electrons. The molecule has 1 amide bonds. The molecule has 3 rings (SSSR count). The number of thioether (sulfide) groups is 1. The smallest absolute Gasteiger partial charge is 0.224 e. The lowest BCUT2D eigenvalue weighted by Crippen LogP contribution is -2.48. The lowest BCUT2D eigenvalue weighted by atomic mass is 10.0. The Morgan fingerprint density at radius 1 is 1.26 bits per heavy atom. The number of benzene rings is 1. The Morgan fingerprint density at radius 3 is 2.85 bits per heavy atom. The molecule has 1 saturated heterocycles. The molecule has 1 unspecified atom stereocenters. The molecule has 1 aromatic heterocycles. The molecule has 1 N–H and O–H groups in total. The predicted octanol–water partition coefficient (Wildman–Crippen LogP) is 4.38. The third-order valence-electron chi connectivity index (χ3n) is 4.23. The molecule has 8 heteroatoms. The summed E-state index contributed by atoms with van der Waals surface area (Å²) in [6, 6.07) is 13.8. The van der Waals surface area contributed by atoms with Crippen LogP contribution in [0.4, 0.5) is 0 Å². The predicted molar refractivity (Wildman–Crippen MR) is 118 cm³/mol. The van der Waals surface area contributed by atoms with Crippen LogP contribution in [0.1, 0.15) is 23.7 Å². The number of aromatic nitrogens is 1. The zero-order valence-electron chi connectivity index (χ0n) is 14.8. The highest BCUT2D eigenvalue weighted by Crippen LogP contribution is 2.25. The average molecular weight is 449 g/mol. The van der Waals surface area contributed by atoms with Crippen LogP contribution in [0, 0.1) is 0 Å². The summed E-state index contributed by atoms with van der Waals surface area (Å²) in [6.45, 7) is 2.35. The highest BCUT2D eigenvalue weighted by molar-refractivity contribution is 7.98. The highest BCUT2D eigenvalue weighted by atomic mass is 35.5. The largest absolute Gasteiger partial charge is 0.333 e. The van der Waals surface area contributed by atoms with Gasteiger partial charge in [0.05, 0.1) is 11.7 Å². The summed E-state index contributed by atoms with van der Waals surface area (Å²) in [6.07, 6.45) is 2.35. The molecule has 1 aliphatic rings. The van der Waals surface area contributed by atoms with E-state index in [1.54, 1.807) is 18.0 Å². The van der Waals surface area contributed by atoms with Gasteiger partial charge in [-0.15, -0.1) is 24.8 Å². The minimum Gasteiger partial charge on any atom is -0.333 e. The topological polar surface area (TPSA) is 45.2 Å². The van der Waals surface area contributed by atoms with E-state index in [4.69, 9.17) is 11.6 Å². The molecule has 0 saturated carbocycles. The van der Waals surface area contributed by atoms with Crippen LogP contribution in [0.15, 0.2) is 48.7 Å². The molecule has 0 radical (unpaired) electrons. The van der Waals surface area contributed by atoms with E-state index in [0.29, 0.717) is 11.4 Å². The van der Waals surface area contributed by atoms with Crippen molar-refractivity contribution in [1.29, 1.82) is 0 Å². The molecular formula is C19H24Cl3N3OS. The van der Waals surface area contributed by atoms with Gasteiger partial charge in [-0.1, -0.05) is 29.8 Å². The molecular weight excluding hydrogens is 425 g/mol. The van der Waals surface area contributed by atoms with Crippen LogP contribution in [-0.2, 0) is 10.5 Å². The molecule has 1 aliphatic heterocycles. The summed E-state index contributed by atoms with van der Waals surface area (Å²) in [5.74, 6) is 1.86. The van der Waals surface area contributed by atoms with Crippen molar-refractivity contribution in [2.75, 3.05) is 25.4 Å². The Morgan fingerprint density at radius 2 is 2.11 bits per heavy atom. The second-order valence-corrected chi connectivity index (χ2v) is 7.53. The summed E-state index contributed by atoms with van der Waals surface area (Å²) < 4.78 is 0. The van der Waals surface area contributed by atoms with Crippen LogP contribution >= 0.6 is 48.2 Å². The van der Waals surface area contributed by atoms with Crippen molar-refractivity contribution in [1.82, 2.24) is 15.2 Å². The third-order valence-corrected chi connectivity index (χ3v) is 5.46. The maximum atomic E-state index is 12.7. The van der Waals surface area contributed by atoms with Crippen LogP contribution in [0.25, 0.3) is 0 Å². The van der Waals surface area contributed by atoms with Crippen LogP contribution in [-0.4, -0.2) is 41.2 Å². The standard InChI is InChI=1S/C19H22ClN3OS.2ClH/c20-16-5-3-4-15(12-16)18-13-21-9-10-23(18)19(24)7-11-25-14-17-6-1-2-8-22-17;;/h1-6,8,12,18,21H,7,9-11,13-14H2;2*1H. The van der Waals surface area contributed by atoms with Crippen molar-refractivity contribution < 1.29 is 4.79 Å². The number of carbonyl (C=O) groups is 1. The highest BCUT2D eigenvalue weighted by Gasteiger charge is 2.27. The summed E-state index contributed by atoms with van der Waals surface area (Å²) in [5, 5.41) is 4.09. The quantitative estimate of drug-likeness (QED) is 0.666. The number of nitrogens with zero attached hydrogens (tertiary/aromatic N) is 2. The second kappa shape index (κ2) is 12.5. The molecule has 0 aliphatic carbocycles. The molecule has 1 aromatic carbocycles. The number of rotatable bonds is 6. The minimum atomic E-state index is 0. The van der Waals surface area contributed by atoms with Crippen molar-refractivity contribution in [3.63, 3.8) is 0 Å². The van der Waals surface area contributed by atoms with Crippen molar-refractivity contribution in [2.24, 2.45) is 0 Å². The summed E-state index contributed by atoms with van der Waals surface area (Å²) >= 11 is 7.87. The van der Waals surface area contributed by atoms with Gasteiger partial charge >= 0.3 is 0 Å². The van der Waals surface area contributed by atoms with E-state index in [9.17, 15) is 4.79 Å². The van der Waals surface area contributed by atoms with E-state index in [-0.39, 0.29) is 36.8 Å². The number of carbonyl (C=O) groups excluding carboxylic acids is 1. The molecule has 1 fully saturated rings. The van der Waals surface area contributed by atoms with Crippen molar-refractivity contribution in [3.05, 3.63) is 64.9 Å². The van der Waals surface area contributed by atoms with Gasteiger partial charge in [0, 0.05) is 48.8 Å². The van der Waals surface area contributed by atoms with E-state index in [1.165, 1.54) is 0 Å². The Labute approximate surface area is 182 Å².